The van der Waals surface area contributed by atoms with Crippen molar-refractivity contribution in [1.29, 1.82) is 0 Å². The number of amides is 4. The number of aromatic nitrogens is 4. The number of imidazole rings is 2. The summed E-state index contributed by atoms with van der Waals surface area (Å²) in [6.07, 6.45) is 6.02. The van der Waals surface area contributed by atoms with Crippen molar-refractivity contribution in [2.45, 2.75) is 77.2 Å². The van der Waals surface area contributed by atoms with Gasteiger partial charge in [-0.1, -0.05) is 55.5 Å². The number of nitrogens with zero attached hydrogens (tertiary/aromatic N) is 4. The van der Waals surface area contributed by atoms with Gasteiger partial charge in [0, 0.05) is 18.2 Å². The van der Waals surface area contributed by atoms with Crippen LogP contribution in [0.2, 0.25) is 0 Å². The second kappa shape index (κ2) is 16.3. The molecule has 7 rings (SSSR count). The molecule has 0 unspecified atom stereocenters. The van der Waals surface area contributed by atoms with E-state index in [1.807, 2.05) is 30.2 Å². The second-order valence-electron chi connectivity index (χ2n) is 14.7. The number of aromatic amines is 2. The Bertz CT molecular complexity index is 2230. The molecule has 4 N–H and O–H groups in total. The average molecular weight is 761 g/mol. The third-order valence-corrected chi connectivity index (χ3v) is 11.0. The summed E-state index contributed by atoms with van der Waals surface area (Å²) in [6, 6.07) is 19.6. The molecular formula is C42H48N8O6. The van der Waals surface area contributed by atoms with E-state index in [2.05, 4.69) is 78.9 Å². The molecule has 3 aromatic carbocycles. The molecule has 2 aliphatic rings. The molecule has 1 saturated heterocycles. The minimum Gasteiger partial charge on any atom is -0.453 e. The molecule has 292 valence electrons. The normalized spacial score (nSPS) is 18.4. The zero-order valence-corrected chi connectivity index (χ0v) is 32.3. The third kappa shape index (κ3) is 7.81. The number of piperidine rings is 1. The van der Waals surface area contributed by atoms with E-state index in [1.165, 1.54) is 14.2 Å². The largest absolute Gasteiger partial charge is 0.453 e. The van der Waals surface area contributed by atoms with Gasteiger partial charge in [-0.05, 0) is 85.0 Å². The molecule has 2 fully saturated rings. The molecular weight excluding hydrogens is 713 g/mol. The SMILES string of the molecule is CCCN(Cc1ncc(-c2ccc(-c3ccc4cc(-c5cnc([C@@H]6[C@H]7CC[C@H](C7)N6C(=O)[C@H](C)NC(=O)OC)[nH]5)ccc4c3)cc2)[nH]1)C(=O)[C@H](C)NC(=O)OC. The van der Waals surface area contributed by atoms with Gasteiger partial charge in [0.25, 0.3) is 0 Å². The fraction of sp³-hybridized carbons (Fsp3) is 0.381. The van der Waals surface area contributed by atoms with E-state index in [1.54, 1.807) is 24.9 Å². The van der Waals surface area contributed by atoms with Crippen LogP contribution in [-0.4, -0.2) is 92.6 Å². The van der Waals surface area contributed by atoms with Gasteiger partial charge in [-0.15, -0.1) is 0 Å². The maximum absolute atomic E-state index is 13.5. The molecule has 0 spiro atoms. The predicted molar refractivity (Wildman–Crippen MR) is 211 cm³/mol. The molecule has 4 amide bonds. The minimum absolute atomic E-state index is 0.126. The number of nitrogens with one attached hydrogen (secondary N) is 4. The molecule has 5 aromatic rings. The van der Waals surface area contributed by atoms with Crippen LogP contribution in [0, 0.1) is 5.92 Å². The zero-order chi connectivity index (χ0) is 39.5. The van der Waals surface area contributed by atoms with Gasteiger partial charge in [0.2, 0.25) is 11.8 Å². The highest BCUT2D eigenvalue weighted by atomic mass is 16.5. The molecule has 3 heterocycles. The van der Waals surface area contributed by atoms with Crippen LogP contribution in [0.5, 0.6) is 0 Å². The summed E-state index contributed by atoms with van der Waals surface area (Å²) in [7, 11) is 2.55. The van der Waals surface area contributed by atoms with Crippen LogP contribution in [0.15, 0.2) is 73.1 Å². The Morgan fingerprint density at radius 1 is 0.804 bits per heavy atom. The predicted octanol–water partition coefficient (Wildman–Crippen LogP) is 6.57. The van der Waals surface area contributed by atoms with Crippen molar-refractivity contribution in [3.8, 4) is 33.6 Å². The highest BCUT2D eigenvalue weighted by molar-refractivity contribution is 5.91. The fourth-order valence-electron chi connectivity index (χ4n) is 8.13. The van der Waals surface area contributed by atoms with Crippen LogP contribution in [0.1, 0.15) is 64.1 Å². The van der Waals surface area contributed by atoms with Crippen LogP contribution < -0.4 is 10.6 Å². The van der Waals surface area contributed by atoms with Crippen LogP contribution in [0.4, 0.5) is 9.59 Å². The van der Waals surface area contributed by atoms with Crippen molar-refractivity contribution in [2.75, 3.05) is 20.8 Å². The van der Waals surface area contributed by atoms with Gasteiger partial charge in [0.1, 0.15) is 23.7 Å². The first-order valence-corrected chi connectivity index (χ1v) is 19.1. The lowest BCUT2D eigenvalue weighted by molar-refractivity contribution is -0.137. The number of alkyl carbamates (subject to hydrolysis) is 2. The van der Waals surface area contributed by atoms with Crippen molar-refractivity contribution in [1.82, 2.24) is 40.4 Å². The summed E-state index contributed by atoms with van der Waals surface area (Å²) in [5.74, 6) is 1.40. The second-order valence-corrected chi connectivity index (χ2v) is 14.7. The van der Waals surface area contributed by atoms with Gasteiger partial charge in [-0.25, -0.2) is 19.6 Å². The van der Waals surface area contributed by atoms with Crippen LogP contribution in [0.3, 0.4) is 0 Å². The standard InChI is InChI=1S/C42H48N8O6/c1-6-17-49(39(51)24(2)45-41(53)55-4)23-36-43-21-34(47-36)27-9-7-26(8-10-27)28-11-12-30-19-31(14-13-29(30)18-28)35-22-44-38(48-35)37-32-15-16-33(20-32)50(37)40(52)25(3)46-42(54)56-5/h7-14,18-19,21-22,24-25,32-33,37H,6,15-17,20,23H2,1-5H3,(H,43,47)(H,44,48)(H,45,53)(H,46,54)/t24-,25-,32-,33+,37-/m0/s1. The first kappa shape index (κ1) is 38.1. The Hall–Kier alpha value is -6.18. The van der Waals surface area contributed by atoms with E-state index in [0.29, 0.717) is 18.3 Å². The van der Waals surface area contributed by atoms with Crippen LogP contribution in [-0.2, 0) is 25.6 Å². The van der Waals surface area contributed by atoms with E-state index < -0.39 is 24.3 Å². The van der Waals surface area contributed by atoms with Gasteiger partial charge in [-0.2, -0.15) is 0 Å². The number of methoxy groups -OCH3 is 2. The number of H-pyrrole nitrogens is 2. The lowest BCUT2D eigenvalue weighted by atomic mass is 9.97. The van der Waals surface area contributed by atoms with Crippen molar-refractivity contribution >= 4 is 34.8 Å². The number of fused-ring (bicyclic) bond motifs is 3. The molecule has 0 radical (unpaired) electrons. The molecule has 2 aromatic heterocycles. The Kier molecular flexibility index (Phi) is 11.1. The van der Waals surface area contributed by atoms with Gasteiger partial charge in [-0.3, -0.25) is 9.59 Å². The van der Waals surface area contributed by atoms with Crippen LogP contribution >= 0.6 is 0 Å². The van der Waals surface area contributed by atoms with E-state index in [4.69, 9.17) is 9.72 Å². The van der Waals surface area contributed by atoms with Gasteiger partial charge in [0.05, 0.1) is 50.6 Å². The Morgan fingerprint density at radius 3 is 2.11 bits per heavy atom. The summed E-state index contributed by atoms with van der Waals surface area (Å²) < 4.78 is 9.35. The van der Waals surface area contributed by atoms with Crippen LogP contribution in [0.25, 0.3) is 44.4 Å². The Labute approximate surface area is 325 Å². The molecule has 14 nitrogen and oxygen atoms in total. The summed E-state index contributed by atoms with van der Waals surface area (Å²) in [5.41, 5.74) is 5.86. The quantitative estimate of drug-likeness (QED) is 0.111. The molecule has 1 aliphatic heterocycles. The van der Waals surface area contributed by atoms with E-state index in [0.717, 1.165) is 75.9 Å². The minimum atomic E-state index is -0.727. The number of rotatable bonds is 12. The van der Waals surface area contributed by atoms with Crippen molar-refractivity contribution < 1.29 is 28.7 Å². The number of hydrogen-bond donors (Lipinski definition) is 4. The first-order valence-electron chi connectivity index (χ1n) is 19.1. The molecule has 1 aliphatic carbocycles. The topological polar surface area (TPSA) is 175 Å². The molecule has 1 saturated carbocycles. The molecule has 2 bridgehead atoms. The highest BCUT2D eigenvalue weighted by Crippen LogP contribution is 2.50. The number of ether oxygens (including phenoxy) is 2. The van der Waals surface area contributed by atoms with Crippen molar-refractivity contribution in [3.63, 3.8) is 0 Å². The summed E-state index contributed by atoms with van der Waals surface area (Å²) in [6.45, 7) is 6.13. The number of carbonyl (C=O) groups is 4. The summed E-state index contributed by atoms with van der Waals surface area (Å²) in [5, 5.41) is 7.36. The number of carbonyl (C=O) groups excluding carboxylic acids is 4. The number of benzene rings is 3. The van der Waals surface area contributed by atoms with Crippen molar-refractivity contribution in [2.24, 2.45) is 5.92 Å². The van der Waals surface area contributed by atoms with E-state index >= 15 is 0 Å². The third-order valence-electron chi connectivity index (χ3n) is 11.0. The summed E-state index contributed by atoms with van der Waals surface area (Å²) in [4.78, 5) is 69.8. The fourth-order valence-corrected chi connectivity index (χ4v) is 8.13. The molecule has 5 atom stereocenters. The lowest BCUT2D eigenvalue weighted by Gasteiger charge is -2.36. The van der Waals surface area contributed by atoms with Gasteiger partial charge >= 0.3 is 12.2 Å². The van der Waals surface area contributed by atoms with E-state index in [9.17, 15) is 19.2 Å². The van der Waals surface area contributed by atoms with Gasteiger partial charge in [0.15, 0.2) is 0 Å². The zero-order valence-electron chi connectivity index (χ0n) is 32.3. The summed E-state index contributed by atoms with van der Waals surface area (Å²) >= 11 is 0. The first-order chi connectivity index (χ1) is 27.1. The molecule has 14 heteroatoms. The molecule has 56 heavy (non-hydrogen) atoms. The van der Waals surface area contributed by atoms with Crippen molar-refractivity contribution in [3.05, 3.63) is 84.7 Å². The van der Waals surface area contributed by atoms with E-state index in [-0.39, 0.29) is 30.4 Å². The average Bonchev–Trinajstić information content (AvgIpc) is 4.05. The maximum Gasteiger partial charge on any atom is 0.407 e. The Morgan fingerprint density at radius 2 is 1.41 bits per heavy atom. The number of hydrogen-bond acceptors (Lipinski definition) is 8. The Balaban J connectivity index is 1.02. The highest BCUT2D eigenvalue weighted by Gasteiger charge is 2.50. The monoisotopic (exact) mass is 760 g/mol. The lowest BCUT2D eigenvalue weighted by Crippen LogP contribution is -2.50. The van der Waals surface area contributed by atoms with Gasteiger partial charge < -0.3 is 39.9 Å². The smallest absolute Gasteiger partial charge is 0.407 e. The number of likely N-dealkylation sites (tertiary alicyclic amines) is 1. The maximum atomic E-state index is 13.5.